The van der Waals surface area contributed by atoms with Crippen LogP contribution in [0, 0.1) is 5.92 Å². The van der Waals surface area contributed by atoms with Crippen LogP contribution in [-0.2, 0) is 18.3 Å². The Balaban J connectivity index is 1.31. The van der Waals surface area contributed by atoms with Gasteiger partial charge in [-0.15, -0.1) is 0 Å². The summed E-state index contributed by atoms with van der Waals surface area (Å²) in [6.07, 6.45) is 7.52. The van der Waals surface area contributed by atoms with E-state index in [-0.39, 0.29) is 5.44 Å². The molecule has 7 rings (SSSR count). The number of nitrogens with zero attached hydrogens (tertiary/aromatic N) is 2. The molecule has 2 atom stereocenters. The standard InChI is InChI=1S/C29H29BN4/c1-2-18-17-34-14-12-23-21-8-4-6-10-25(21)33-28(23)29(34,30)16-19(18)15-26-27-22(11-13-31-26)20-7-3-5-9-24(20)32-27/h2-11,13,19,32-33H,12,14-17,30H2,1H3/b18-2-/t19?,29-/m0/s1. The Morgan fingerprint density at radius 2 is 1.79 bits per heavy atom. The second kappa shape index (κ2) is 7.35. The molecule has 5 heteroatoms. The first-order valence-electron chi connectivity index (χ1n) is 12.5. The molecule has 0 bridgehead atoms. The molecule has 5 aromatic rings. The summed E-state index contributed by atoms with van der Waals surface area (Å²) in [5.74, 6) is 0.466. The Bertz CT molecular complexity index is 1590. The highest BCUT2D eigenvalue weighted by Gasteiger charge is 2.46. The van der Waals surface area contributed by atoms with Crippen molar-refractivity contribution in [1.29, 1.82) is 0 Å². The third kappa shape index (κ3) is 2.80. The van der Waals surface area contributed by atoms with Crippen molar-refractivity contribution < 1.29 is 0 Å². The number of aromatic nitrogens is 3. The normalized spacial score (nSPS) is 24.1. The zero-order valence-corrected chi connectivity index (χ0v) is 19.9. The molecule has 168 valence electrons. The molecule has 0 radical (unpaired) electrons. The van der Waals surface area contributed by atoms with Gasteiger partial charge in [0, 0.05) is 57.6 Å². The van der Waals surface area contributed by atoms with Crippen LogP contribution >= 0.6 is 0 Å². The van der Waals surface area contributed by atoms with E-state index in [9.17, 15) is 0 Å². The van der Waals surface area contributed by atoms with Crippen molar-refractivity contribution in [1.82, 2.24) is 19.9 Å². The van der Waals surface area contributed by atoms with Crippen molar-refractivity contribution in [2.75, 3.05) is 13.1 Å². The quantitative estimate of drug-likeness (QED) is 0.296. The lowest BCUT2D eigenvalue weighted by Crippen LogP contribution is -2.56. The lowest BCUT2D eigenvalue weighted by Gasteiger charge is -2.51. The van der Waals surface area contributed by atoms with Gasteiger partial charge in [0.2, 0.25) is 0 Å². The monoisotopic (exact) mass is 444 g/mol. The number of aromatic amines is 2. The maximum Gasteiger partial charge on any atom is 0.135 e. The van der Waals surface area contributed by atoms with Crippen LogP contribution in [0.5, 0.6) is 0 Å². The van der Waals surface area contributed by atoms with Crippen LogP contribution in [0.25, 0.3) is 32.7 Å². The van der Waals surface area contributed by atoms with E-state index in [4.69, 9.17) is 4.98 Å². The van der Waals surface area contributed by atoms with Crippen molar-refractivity contribution in [3.05, 3.63) is 89.4 Å². The van der Waals surface area contributed by atoms with Crippen LogP contribution in [0.2, 0.25) is 0 Å². The number of fused-ring (bicyclic) bond motifs is 8. The van der Waals surface area contributed by atoms with E-state index >= 15 is 0 Å². The number of pyridine rings is 1. The van der Waals surface area contributed by atoms with Gasteiger partial charge >= 0.3 is 0 Å². The van der Waals surface area contributed by atoms with Crippen LogP contribution in [0.15, 0.2) is 72.4 Å². The summed E-state index contributed by atoms with van der Waals surface area (Å²) in [6.45, 7) is 4.36. The lowest BCUT2D eigenvalue weighted by molar-refractivity contribution is 0.101. The molecule has 2 N–H and O–H groups in total. The molecule has 4 nitrogen and oxygen atoms in total. The molecule has 1 saturated heterocycles. The SMILES string of the molecule is B[C@@]12CC(Cc3nccc4c3[nH]c3ccccc34)/C(=C\C)CN1CCc1c2[nH]c2ccccc12. The van der Waals surface area contributed by atoms with E-state index in [0.717, 1.165) is 32.4 Å². The number of rotatable bonds is 2. The van der Waals surface area contributed by atoms with Crippen molar-refractivity contribution >= 4 is 40.6 Å². The topological polar surface area (TPSA) is 47.7 Å². The molecule has 0 spiro atoms. The third-order valence-corrected chi connectivity index (χ3v) is 8.54. The highest BCUT2D eigenvalue weighted by atomic mass is 15.2. The Morgan fingerprint density at radius 3 is 2.62 bits per heavy atom. The Labute approximate surface area is 200 Å². The molecular formula is C29H29BN4. The Hall–Kier alpha value is -3.31. The number of benzene rings is 2. The summed E-state index contributed by atoms with van der Waals surface area (Å²) >= 11 is 0. The zero-order valence-electron chi connectivity index (χ0n) is 19.9. The summed E-state index contributed by atoms with van der Waals surface area (Å²) < 4.78 is 0. The molecule has 1 unspecified atom stereocenters. The summed E-state index contributed by atoms with van der Waals surface area (Å²) in [6, 6.07) is 19.5. The first-order chi connectivity index (χ1) is 16.7. The van der Waals surface area contributed by atoms with Crippen molar-refractivity contribution in [2.45, 2.75) is 31.6 Å². The third-order valence-electron chi connectivity index (χ3n) is 8.54. The van der Waals surface area contributed by atoms with Crippen molar-refractivity contribution in [2.24, 2.45) is 5.92 Å². The number of H-pyrrole nitrogens is 2. The largest absolute Gasteiger partial charge is 0.357 e. The molecule has 2 aliphatic heterocycles. The van der Waals surface area contributed by atoms with Gasteiger partial charge in [-0.05, 0) is 55.9 Å². The highest BCUT2D eigenvalue weighted by molar-refractivity contribution is 6.16. The minimum atomic E-state index is 0.0120. The summed E-state index contributed by atoms with van der Waals surface area (Å²) in [5.41, 5.74) is 9.35. The Morgan fingerprint density at radius 1 is 1.03 bits per heavy atom. The predicted octanol–water partition coefficient (Wildman–Crippen LogP) is 5.05. The molecular weight excluding hydrogens is 415 g/mol. The molecule has 3 aromatic heterocycles. The van der Waals surface area contributed by atoms with E-state index in [0.29, 0.717) is 5.92 Å². The van der Waals surface area contributed by atoms with Gasteiger partial charge in [-0.2, -0.15) is 0 Å². The first kappa shape index (κ1) is 20.1. The van der Waals surface area contributed by atoms with Gasteiger partial charge < -0.3 is 9.97 Å². The summed E-state index contributed by atoms with van der Waals surface area (Å²) in [5, 5.41) is 3.96. The van der Waals surface area contributed by atoms with Gasteiger partial charge in [-0.1, -0.05) is 48.0 Å². The summed E-state index contributed by atoms with van der Waals surface area (Å²) in [4.78, 5) is 15.1. The zero-order chi connectivity index (χ0) is 22.9. The van der Waals surface area contributed by atoms with E-state index < -0.39 is 0 Å². The Kier molecular flexibility index (Phi) is 4.34. The average Bonchev–Trinajstić information content (AvgIpc) is 3.44. The smallest absolute Gasteiger partial charge is 0.135 e. The van der Waals surface area contributed by atoms with E-state index in [1.54, 1.807) is 5.57 Å². The minimum Gasteiger partial charge on any atom is -0.357 e. The number of allylic oxidation sites excluding steroid dienone is 1. The van der Waals surface area contributed by atoms with Gasteiger partial charge in [0.1, 0.15) is 7.85 Å². The number of nitrogens with one attached hydrogen (secondary N) is 2. The number of hydrogen-bond acceptors (Lipinski definition) is 2. The van der Waals surface area contributed by atoms with Crippen molar-refractivity contribution in [3.8, 4) is 0 Å². The second-order valence-corrected chi connectivity index (χ2v) is 10.3. The molecule has 5 heterocycles. The maximum absolute atomic E-state index is 4.89. The first-order valence-corrected chi connectivity index (χ1v) is 12.5. The summed E-state index contributed by atoms with van der Waals surface area (Å²) in [7, 11) is 2.46. The fourth-order valence-electron chi connectivity index (χ4n) is 6.77. The number of para-hydroxylation sites is 2. The van der Waals surface area contributed by atoms with Gasteiger partial charge in [-0.3, -0.25) is 9.88 Å². The molecule has 0 saturated carbocycles. The van der Waals surface area contributed by atoms with Crippen LogP contribution in [0.1, 0.15) is 30.3 Å². The predicted molar refractivity (Wildman–Crippen MR) is 143 cm³/mol. The maximum atomic E-state index is 4.89. The molecule has 2 aliphatic rings. The molecule has 2 aromatic carbocycles. The second-order valence-electron chi connectivity index (χ2n) is 10.3. The average molecular weight is 444 g/mol. The van der Waals surface area contributed by atoms with E-state index in [1.807, 2.05) is 6.20 Å². The van der Waals surface area contributed by atoms with Crippen molar-refractivity contribution in [3.63, 3.8) is 0 Å². The van der Waals surface area contributed by atoms with Gasteiger partial charge in [0.25, 0.3) is 0 Å². The van der Waals surface area contributed by atoms with Crippen LogP contribution in [0.3, 0.4) is 0 Å². The van der Waals surface area contributed by atoms with Gasteiger partial charge in [-0.25, -0.2) is 0 Å². The van der Waals surface area contributed by atoms with Crippen LogP contribution in [-0.4, -0.2) is 40.8 Å². The molecule has 0 amide bonds. The van der Waals surface area contributed by atoms with E-state index in [2.05, 4.69) is 90.3 Å². The molecule has 0 aliphatic carbocycles. The van der Waals surface area contributed by atoms with Crippen LogP contribution in [0.4, 0.5) is 0 Å². The van der Waals surface area contributed by atoms with Gasteiger partial charge in [0.05, 0.1) is 11.2 Å². The number of hydrogen-bond donors (Lipinski definition) is 2. The fraction of sp³-hybridized carbons (Fsp3) is 0.276. The lowest BCUT2D eigenvalue weighted by atomic mass is 9.61. The van der Waals surface area contributed by atoms with E-state index in [1.165, 1.54) is 49.7 Å². The minimum absolute atomic E-state index is 0.0120. The molecule has 1 fully saturated rings. The van der Waals surface area contributed by atoms with Gasteiger partial charge in [0.15, 0.2) is 0 Å². The number of piperidine rings is 1. The fourth-order valence-corrected chi connectivity index (χ4v) is 6.77. The highest BCUT2D eigenvalue weighted by Crippen LogP contribution is 2.46. The van der Waals surface area contributed by atoms with Crippen LogP contribution < -0.4 is 0 Å². The molecule has 34 heavy (non-hydrogen) atoms.